The van der Waals surface area contributed by atoms with Crippen molar-refractivity contribution in [2.75, 3.05) is 5.73 Å². The highest BCUT2D eigenvalue weighted by Crippen LogP contribution is 2.32. The number of nitrogens with two attached hydrogens (primary N) is 1. The maximum Gasteiger partial charge on any atom is 0.127 e. The van der Waals surface area contributed by atoms with Crippen molar-refractivity contribution in [1.82, 2.24) is 0 Å². The lowest BCUT2D eigenvalue weighted by Crippen LogP contribution is -1.95. The van der Waals surface area contributed by atoms with E-state index in [9.17, 15) is 0 Å². The number of hydrogen-bond donors (Lipinski definition) is 1. The number of ether oxygens (including phenoxy) is 1. The van der Waals surface area contributed by atoms with Gasteiger partial charge in [0.2, 0.25) is 0 Å². The van der Waals surface area contributed by atoms with E-state index in [1.54, 1.807) is 0 Å². The number of nitrogen functional groups attached to an aromatic ring is 1. The van der Waals surface area contributed by atoms with E-state index in [1.165, 1.54) is 11.1 Å². The zero-order valence-electron chi connectivity index (χ0n) is 12.8. The minimum atomic E-state index is 0.680. The summed E-state index contributed by atoms with van der Waals surface area (Å²) < 4.78 is 5.81. The van der Waals surface area contributed by atoms with E-state index in [0.29, 0.717) is 5.69 Å². The van der Waals surface area contributed by atoms with Crippen LogP contribution in [0.1, 0.15) is 11.1 Å². The Hall–Kier alpha value is -2.74. The molecule has 0 atom stereocenters. The molecule has 3 aromatic carbocycles. The molecule has 2 N–H and O–H groups in total. The summed E-state index contributed by atoms with van der Waals surface area (Å²) in [7, 11) is 0. The van der Waals surface area contributed by atoms with E-state index in [0.717, 1.165) is 22.6 Å². The van der Waals surface area contributed by atoms with E-state index >= 15 is 0 Å². The molecule has 3 rings (SSSR count). The topological polar surface area (TPSA) is 35.2 Å². The molecule has 0 aliphatic rings. The van der Waals surface area contributed by atoms with Gasteiger partial charge in [0, 0.05) is 17.3 Å². The van der Waals surface area contributed by atoms with Gasteiger partial charge in [-0.3, -0.25) is 0 Å². The molecular weight excluding hydrogens is 270 g/mol. The average Bonchev–Trinajstić information content (AvgIpc) is 2.54. The molecule has 2 heteroatoms. The highest BCUT2D eigenvalue weighted by atomic mass is 16.5. The summed E-state index contributed by atoms with van der Waals surface area (Å²) >= 11 is 0. The van der Waals surface area contributed by atoms with Gasteiger partial charge in [-0.2, -0.15) is 0 Å². The number of para-hydroxylation sites is 1. The smallest absolute Gasteiger partial charge is 0.127 e. The van der Waals surface area contributed by atoms with Gasteiger partial charge < -0.3 is 10.5 Å². The maximum atomic E-state index is 6.10. The van der Waals surface area contributed by atoms with Crippen molar-refractivity contribution in [2.45, 2.75) is 13.8 Å². The van der Waals surface area contributed by atoms with Crippen LogP contribution in [0.4, 0.5) is 5.69 Å². The number of hydrogen-bond acceptors (Lipinski definition) is 2. The number of aryl methyl sites for hydroxylation is 1. The van der Waals surface area contributed by atoms with Crippen LogP contribution in [-0.4, -0.2) is 0 Å². The largest absolute Gasteiger partial charge is 0.457 e. The van der Waals surface area contributed by atoms with Crippen LogP contribution in [0.15, 0.2) is 60.7 Å². The zero-order chi connectivity index (χ0) is 15.5. The third kappa shape index (κ3) is 2.82. The molecule has 22 heavy (non-hydrogen) atoms. The fourth-order valence-electron chi connectivity index (χ4n) is 2.45. The highest BCUT2D eigenvalue weighted by molar-refractivity contribution is 5.80. The Morgan fingerprint density at radius 3 is 2.18 bits per heavy atom. The van der Waals surface area contributed by atoms with Crippen molar-refractivity contribution >= 4 is 5.69 Å². The number of anilines is 1. The van der Waals surface area contributed by atoms with Crippen LogP contribution in [0.2, 0.25) is 0 Å². The lowest BCUT2D eigenvalue weighted by atomic mass is 9.95. The molecule has 0 spiro atoms. The Morgan fingerprint density at radius 2 is 1.50 bits per heavy atom. The highest BCUT2D eigenvalue weighted by Gasteiger charge is 2.09. The summed E-state index contributed by atoms with van der Waals surface area (Å²) in [4.78, 5) is 0. The molecule has 0 aromatic heterocycles. The molecule has 3 aromatic rings. The van der Waals surface area contributed by atoms with Crippen molar-refractivity contribution in [3.05, 3.63) is 77.9 Å². The van der Waals surface area contributed by atoms with Gasteiger partial charge in [0.25, 0.3) is 0 Å². The SMILES string of the molecule is Cc1c[c]c(N)c(-c2ccc(Oc3ccccc3)cc2)c1C. The van der Waals surface area contributed by atoms with E-state index in [4.69, 9.17) is 10.5 Å². The Kier molecular flexibility index (Phi) is 3.84. The Balaban J connectivity index is 1.91. The molecule has 0 aliphatic carbocycles. The van der Waals surface area contributed by atoms with Crippen LogP contribution in [0, 0.1) is 19.9 Å². The van der Waals surface area contributed by atoms with Crippen LogP contribution in [-0.2, 0) is 0 Å². The van der Waals surface area contributed by atoms with Crippen molar-refractivity contribution < 1.29 is 4.74 Å². The van der Waals surface area contributed by atoms with Gasteiger partial charge in [-0.15, -0.1) is 0 Å². The molecule has 0 saturated carbocycles. The van der Waals surface area contributed by atoms with Crippen LogP contribution < -0.4 is 10.5 Å². The first-order valence-corrected chi connectivity index (χ1v) is 7.26. The molecule has 1 radical (unpaired) electrons. The minimum Gasteiger partial charge on any atom is -0.457 e. The van der Waals surface area contributed by atoms with Crippen LogP contribution in [0.5, 0.6) is 11.5 Å². The molecule has 0 bridgehead atoms. The first-order valence-electron chi connectivity index (χ1n) is 7.26. The van der Waals surface area contributed by atoms with Gasteiger partial charge in [-0.25, -0.2) is 0 Å². The zero-order valence-corrected chi connectivity index (χ0v) is 12.8. The normalized spacial score (nSPS) is 10.5. The molecule has 0 fully saturated rings. The third-order valence-corrected chi connectivity index (χ3v) is 3.80. The van der Waals surface area contributed by atoms with Gasteiger partial charge in [-0.05, 0) is 60.9 Å². The third-order valence-electron chi connectivity index (χ3n) is 3.80. The van der Waals surface area contributed by atoms with Gasteiger partial charge >= 0.3 is 0 Å². The molecule has 0 heterocycles. The van der Waals surface area contributed by atoms with E-state index in [2.05, 4.69) is 19.9 Å². The first kappa shape index (κ1) is 14.2. The summed E-state index contributed by atoms with van der Waals surface area (Å²) in [6.45, 7) is 4.16. The molecule has 0 aliphatic heterocycles. The lowest BCUT2D eigenvalue weighted by Gasteiger charge is -2.13. The van der Waals surface area contributed by atoms with Gasteiger partial charge in [0.15, 0.2) is 0 Å². The second-order valence-electron chi connectivity index (χ2n) is 5.32. The van der Waals surface area contributed by atoms with Crippen molar-refractivity contribution in [2.24, 2.45) is 0 Å². The summed E-state index contributed by atoms with van der Waals surface area (Å²) in [5.41, 5.74) is 11.3. The van der Waals surface area contributed by atoms with Crippen LogP contribution in [0.3, 0.4) is 0 Å². The molecule has 0 unspecified atom stereocenters. The Morgan fingerprint density at radius 1 is 0.864 bits per heavy atom. The fraction of sp³-hybridized carbons (Fsp3) is 0.100. The molecular formula is C20H18NO. The van der Waals surface area contributed by atoms with Gasteiger partial charge in [0.05, 0.1) is 0 Å². The Labute approximate surface area is 131 Å². The van der Waals surface area contributed by atoms with Gasteiger partial charge in [0.1, 0.15) is 11.5 Å². The summed E-state index contributed by atoms with van der Waals surface area (Å²) in [5.74, 6) is 1.64. The molecule has 0 saturated heterocycles. The van der Waals surface area contributed by atoms with Crippen molar-refractivity contribution in [3.63, 3.8) is 0 Å². The van der Waals surface area contributed by atoms with Gasteiger partial charge in [-0.1, -0.05) is 30.3 Å². The summed E-state index contributed by atoms with van der Waals surface area (Å²) in [5, 5.41) is 0. The molecule has 2 nitrogen and oxygen atoms in total. The number of rotatable bonds is 3. The predicted octanol–water partition coefficient (Wildman–Crippen LogP) is 5.15. The van der Waals surface area contributed by atoms with Crippen molar-refractivity contribution in [1.29, 1.82) is 0 Å². The maximum absolute atomic E-state index is 6.10. The molecule has 0 amide bonds. The summed E-state index contributed by atoms with van der Waals surface area (Å²) in [6, 6.07) is 22.8. The average molecular weight is 288 g/mol. The minimum absolute atomic E-state index is 0.680. The van der Waals surface area contributed by atoms with Crippen molar-refractivity contribution in [3.8, 4) is 22.6 Å². The first-order chi connectivity index (χ1) is 10.6. The fourth-order valence-corrected chi connectivity index (χ4v) is 2.45. The number of benzene rings is 3. The quantitative estimate of drug-likeness (QED) is 0.677. The summed E-state index contributed by atoms with van der Waals surface area (Å²) in [6.07, 6.45) is 0. The second kappa shape index (κ2) is 5.94. The van der Waals surface area contributed by atoms with E-state index < -0.39 is 0 Å². The lowest BCUT2D eigenvalue weighted by molar-refractivity contribution is 0.483. The molecule has 109 valence electrons. The monoisotopic (exact) mass is 288 g/mol. The van der Waals surface area contributed by atoms with E-state index in [1.807, 2.05) is 60.7 Å². The van der Waals surface area contributed by atoms with E-state index in [-0.39, 0.29) is 0 Å². The van der Waals surface area contributed by atoms with Crippen LogP contribution in [0.25, 0.3) is 11.1 Å². The second-order valence-corrected chi connectivity index (χ2v) is 5.32. The van der Waals surface area contributed by atoms with Crippen LogP contribution >= 0.6 is 0 Å². The Bertz CT molecular complexity index is 777. The predicted molar refractivity (Wildman–Crippen MR) is 91.1 cm³/mol. The standard InChI is InChI=1S/C20H18NO/c1-14-8-13-19(21)20(15(14)2)16-9-11-18(12-10-16)22-17-6-4-3-5-7-17/h3-12H,21H2,1-2H3.